The molecule has 1 unspecified atom stereocenters. The maximum Gasteiger partial charge on any atom is 0.237 e. The second-order valence-electron chi connectivity index (χ2n) is 6.80. The van der Waals surface area contributed by atoms with Crippen LogP contribution >= 0.6 is 0 Å². The smallest absolute Gasteiger partial charge is 0.237 e. The van der Waals surface area contributed by atoms with Crippen LogP contribution in [0.15, 0.2) is 67.1 Å². The molecular weight excluding hydrogens is 338 g/mol. The Morgan fingerprint density at radius 2 is 2.00 bits per heavy atom. The highest BCUT2D eigenvalue weighted by atomic mass is 16.2. The maximum absolute atomic E-state index is 12.7. The number of pyridine rings is 1. The number of carbonyl (C=O) groups is 1. The lowest BCUT2D eigenvalue weighted by Crippen LogP contribution is -2.42. The summed E-state index contributed by atoms with van der Waals surface area (Å²) in [6.45, 7) is 2.27. The largest absolute Gasteiger partial charge is 0.351 e. The average Bonchev–Trinajstić information content (AvgIpc) is 3.39. The van der Waals surface area contributed by atoms with E-state index < -0.39 is 0 Å². The summed E-state index contributed by atoms with van der Waals surface area (Å²) in [5.41, 5.74) is 2.26. The summed E-state index contributed by atoms with van der Waals surface area (Å²) >= 11 is 0. The topological polar surface area (TPSA) is 63.1 Å². The van der Waals surface area contributed by atoms with Gasteiger partial charge in [0.05, 0.1) is 6.04 Å². The molecule has 1 aromatic carbocycles. The lowest BCUT2D eigenvalue weighted by molar-refractivity contribution is -0.125. The van der Waals surface area contributed by atoms with Crippen molar-refractivity contribution in [2.45, 2.75) is 32.0 Å². The van der Waals surface area contributed by atoms with Gasteiger partial charge in [-0.05, 0) is 48.7 Å². The fourth-order valence-electron chi connectivity index (χ4n) is 3.54. The Hall–Kier alpha value is -2.99. The number of nitrogens with zero attached hydrogens (tertiary/aromatic N) is 4. The van der Waals surface area contributed by atoms with Crippen LogP contribution in [0.25, 0.3) is 5.82 Å². The fraction of sp³-hybridized carbons (Fsp3) is 0.286. The van der Waals surface area contributed by atoms with Gasteiger partial charge in [-0.15, -0.1) is 0 Å². The lowest BCUT2D eigenvalue weighted by atomic mass is 10.1. The van der Waals surface area contributed by atoms with Crippen LogP contribution in [0.1, 0.15) is 24.0 Å². The van der Waals surface area contributed by atoms with E-state index in [1.807, 2.05) is 42.6 Å². The summed E-state index contributed by atoms with van der Waals surface area (Å²) in [6.07, 6.45) is 7.29. The Morgan fingerprint density at radius 1 is 1.11 bits per heavy atom. The highest BCUT2D eigenvalue weighted by Crippen LogP contribution is 2.20. The number of amides is 1. The maximum atomic E-state index is 12.7. The molecule has 3 aromatic rings. The van der Waals surface area contributed by atoms with Crippen molar-refractivity contribution in [3.8, 4) is 5.82 Å². The molecule has 0 aliphatic carbocycles. The zero-order valence-electron chi connectivity index (χ0n) is 15.2. The molecule has 0 bridgehead atoms. The number of likely N-dealkylation sites (tertiary alicyclic amines) is 1. The van der Waals surface area contributed by atoms with E-state index in [9.17, 15) is 4.79 Å². The molecule has 3 heterocycles. The van der Waals surface area contributed by atoms with Gasteiger partial charge in [0.1, 0.15) is 0 Å². The molecule has 1 N–H and O–H groups in total. The SMILES string of the molecule is O=C(NCc1ccnc(-n2cccn2)c1)C1CCCN1Cc1ccccc1. The van der Waals surface area contributed by atoms with Crippen molar-refractivity contribution in [3.63, 3.8) is 0 Å². The molecule has 1 atom stereocenters. The third kappa shape index (κ3) is 4.23. The van der Waals surface area contributed by atoms with Crippen LogP contribution in [0, 0.1) is 0 Å². The summed E-state index contributed by atoms with van der Waals surface area (Å²) in [5.74, 6) is 0.846. The van der Waals surface area contributed by atoms with Crippen molar-refractivity contribution in [3.05, 3.63) is 78.2 Å². The van der Waals surface area contributed by atoms with E-state index in [2.05, 4.69) is 32.4 Å². The molecule has 1 fully saturated rings. The number of benzene rings is 1. The molecule has 27 heavy (non-hydrogen) atoms. The number of carbonyl (C=O) groups excluding carboxylic acids is 1. The monoisotopic (exact) mass is 361 g/mol. The zero-order chi connectivity index (χ0) is 18.5. The molecule has 6 nitrogen and oxygen atoms in total. The Labute approximate surface area is 158 Å². The Morgan fingerprint density at radius 3 is 2.81 bits per heavy atom. The summed E-state index contributed by atoms with van der Waals surface area (Å²) in [4.78, 5) is 19.3. The minimum Gasteiger partial charge on any atom is -0.351 e. The molecule has 0 radical (unpaired) electrons. The molecule has 1 aliphatic heterocycles. The van der Waals surface area contributed by atoms with Crippen molar-refractivity contribution in [2.75, 3.05) is 6.54 Å². The van der Waals surface area contributed by atoms with Crippen molar-refractivity contribution in [2.24, 2.45) is 0 Å². The number of hydrogen-bond acceptors (Lipinski definition) is 4. The average molecular weight is 361 g/mol. The molecule has 1 saturated heterocycles. The molecule has 0 spiro atoms. The minimum atomic E-state index is -0.0578. The van der Waals surface area contributed by atoms with Gasteiger partial charge in [-0.1, -0.05) is 30.3 Å². The fourth-order valence-corrected chi connectivity index (χ4v) is 3.54. The number of aromatic nitrogens is 3. The third-order valence-electron chi connectivity index (χ3n) is 4.91. The van der Waals surface area contributed by atoms with Gasteiger partial charge in [0.25, 0.3) is 0 Å². The number of rotatable bonds is 6. The molecule has 6 heteroatoms. The minimum absolute atomic E-state index is 0.0578. The Balaban J connectivity index is 1.37. The van der Waals surface area contributed by atoms with Crippen molar-refractivity contribution in [1.82, 2.24) is 25.0 Å². The van der Waals surface area contributed by atoms with Gasteiger partial charge < -0.3 is 5.32 Å². The predicted molar refractivity (Wildman–Crippen MR) is 103 cm³/mol. The number of hydrogen-bond donors (Lipinski definition) is 1. The van der Waals surface area contributed by atoms with E-state index in [4.69, 9.17) is 0 Å². The first kappa shape index (κ1) is 17.4. The van der Waals surface area contributed by atoms with Gasteiger partial charge in [-0.3, -0.25) is 9.69 Å². The van der Waals surface area contributed by atoms with Gasteiger partial charge in [-0.25, -0.2) is 9.67 Å². The summed E-state index contributed by atoms with van der Waals surface area (Å²) in [6, 6.07) is 16.0. The highest BCUT2D eigenvalue weighted by Gasteiger charge is 2.30. The van der Waals surface area contributed by atoms with Crippen LogP contribution in [-0.4, -0.2) is 38.2 Å². The third-order valence-corrected chi connectivity index (χ3v) is 4.91. The van der Waals surface area contributed by atoms with Gasteiger partial charge >= 0.3 is 0 Å². The van der Waals surface area contributed by atoms with Crippen LogP contribution in [0.4, 0.5) is 0 Å². The van der Waals surface area contributed by atoms with Crippen molar-refractivity contribution < 1.29 is 4.79 Å². The first-order valence-electron chi connectivity index (χ1n) is 9.30. The Kier molecular flexibility index (Phi) is 5.25. The van der Waals surface area contributed by atoms with E-state index in [1.54, 1.807) is 17.1 Å². The quantitative estimate of drug-likeness (QED) is 0.733. The van der Waals surface area contributed by atoms with Gasteiger partial charge in [0.2, 0.25) is 5.91 Å². The highest BCUT2D eigenvalue weighted by molar-refractivity contribution is 5.82. The van der Waals surface area contributed by atoms with Crippen LogP contribution in [-0.2, 0) is 17.9 Å². The van der Waals surface area contributed by atoms with E-state index in [0.717, 1.165) is 37.3 Å². The van der Waals surface area contributed by atoms with E-state index in [-0.39, 0.29) is 11.9 Å². The molecule has 4 rings (SSSR count). The molecular formula is C21H23N5O. The van der Waals surface area contributed by atoms with Gasteiger partial charge in [0, 0.05) is 31.7 Å². The van der Waals surface area contributed by atoms with Crippen LogP contribution in [0.2, 0.25) is 0 Å². The molecule has 0 saturated carbocycles. The summed E-state index contributed by atoms with van der Waals surface area (Å²) in [5, 5.41) is 7.29. The number of nitrogens with one attached hydrogen (secondary N) is 1. The first-order chi connectivity index (χ1) is 13.3. The van der Waals surface area contributed by atoms with Crippen molar-refractivity contribution >= 4 is 5.91 Å². The van der Waals surface area contributed by atoms with Crippen LogP contribution in [0.3, 0.4) is 0 Å². The molecule has 1 aliphatic rings. The molecule has 138 valence electrons. The normalized spacial score (nSPS) is 17.1. The summed E-state index contributed by atoms with van der Waals surface area (Å²) in [7, 11) is 0. The standard InChI is InChI=1S/C21H23N5O/c27-21(19-8-4-12-25(19)16-17-6-2-1-3-7-17)23-15-18-9-11-22-20(14-18)26-13-5-10-24-26/h1-3,5-7,9-11,13-14,19H,4,8,12,15-16H2,(H,23,27). The van der Waals surface area contributed by atoms with E-state index >= 15 is 0 Å². The lowest BCUT2D eigenvalue weighted by Gasteiger charge is -2.23. The predicted octanol–water partition coefficient (Wildman–Crippen LogP) is 2.55. The van der Waals surface area contributed by atoms with Crippen LogP contribution < -0.4 is 5.32 Å². The second-order valence-corrected chi connectivity index (χ2v) is 6.80. The van der Waals surface area contributed by atoms with Crippen LogP contribution in [0.5, 0.6) is 0 Å². The van der Waals surface area contributed by atoms with E-state index in [1.165, 1.54) is 5.56 Å². The Bertz CT molecular complexity index is 879. The van der Waals surface area contributed by atoms with Gasteiger partial charge in [0.15, 0.2) is 5.82 Å². The summed E-state index contributed by atoms with van der Waals surface area (Å²) < 4.78 is 1.71. The van der Waals surface area contributed by atoms with Crippen molar-refractivity contribution in [1.29, 1.82) is 0 Å². The van der Waals surface area contributed by atoms with Gasteiger partial charge in [-0.2, -0.15) is 5.10 Å². The second kappa shape index (κ2) is 8.14. The molecule has 1 amide bonds. The zero-order valence-corrected chi connectivity index (χ0v) is 15.2. The van der Waals surface area contributed by atoms with E-state index in [0.29, 0.717) is 6.54 Å². The molecule has 2 aromatic heterocycles. The first-order valence-corrected chi connectivity index (χ1v) is 9.30.